The summed E-state index contributed by atoms with van der Waals surface area (Å²) in [5.41, 5.74) is 0. The summed E-state index contributed by atoms with van der Waals surface area (Å²) in [6.45, 7) is 4.00. The van der Waals surface area contributed by atoms with E-state index in [2.05, 4.69) is 0 Å². The number of rotatable bonds is 0. The van der Waals surface area contributed by atoms with Crippen molar-refractivity contribution < 1.29 is 0 Å². The molecule has 0 aliphatic rings. The molecule has 0 N–H and O–H groups in total. The Morgan fingerprint density at radius 3 is 1.12 bits per heavy atom. The molecule has 4 heteroatoms. The molecule has 0 aliphatic carbocycles. The topological polar surface area (TPSA) is 0 Å². The van der Waals surface area contributed by atoms with Crippen molar-refractivity contribution >= 4 is 41.5 Å². The van der Waals surface area contributed by atoms with Crippen molar-refractivity contribution in [3.05, 3.63) is 12.2 Å². The van der Waals surface area contributed by atoms with Crippen molar-refractivity contribution in [1.82, 2.24) is 0 Å². The van der Waals surface area contributed by atoms with E-state index >= 15 is 0 Å². The first-order valence-corrected chi connectivity index (χ1v) is 7.38. The molecule has 0 nitrogen and oxygen atoms in total. The number of allylic oxidation sites excluding steroid dienone is 2. The van der Waals surface area contributed by atoms with Gasteiger partial charge in [0.25, 0.3) is 0 Å². The summed E-state index contributed by atoms with van der Waals surface area (Å²) in [7, 11) is 14.8. The largest absolute Gasteiger partial charge is 0.643 e. The fourth-order valence-corrected chi connectivity index (χ4v) is 0. The first kappa shape index (κ1) is 11.9. The minimum Gasteiger partial charge on any atom is -0.214 e. The maximum absolute atomic E-state index is 4.94. The first-order valence-electron chi connectivity index (χ1n) is 2.14. The van der Waals surface area contributed by atoms with Gasteiger partial charge in [-0.15, -0.1) is 0 Å². The van der Waals surface area contributed by atoms with Gasteiger partial charge in [0.05, 0.1) is 0 Å². The smallest absolute Gasteiger partial charge is 0.214 e. The molecular formula is C4H8AlCl3. The molecule has 0 unspecified atom stereocenters. The Morgan fingerprint density at radius 2 is 1.12 bits per heavy atom. The normalized spacial score (nSPS) is 8.12. The molecule has 48 valence electrons. The summed E-state index contributed by atoms with van der Waals surface area (Å²) in [6.07, 6.45) is 4.00. The van der Waals surface area contributed by atoms with Crippen LogP contribution >= 0.6 is 30.1 Å². The van der Waals surface area contributed by atoms with Gasteiger partial charge in [-0.2, -0.15) is 0 Å². The lowest BCUT2D eigenvalue weighted by Gasteiger charge is -1.57. The molecule has 0 spiro atoms. The quantitative estimate of drug-likeness (QED) is 0.405. The monoisotopic (exact) mass is 188 g/mol. The molecule has 0 saturated heterocycles. The van der Waals surface area contributed by atoms with E-state index in [1.165, 1.54) is 0 Å². The van der Waals surface area contributed by atoms with Gasteiger partial charge in [-0.05, 0) is 13.8 Å². The molecule has 0 amide bonds. The van der Waals surface area contributed by atoms with Crippen LogP contribution in [0.25, 0.3) is 0 Å². The highest BCUT2D eigenvalue weighted by Crippen LogP contribution is 1.97. The molecule has 8 heavy (non-hydrogen) atoms. The van der Waals surface area contributed by atoms with Gasteiger partial charge in [-0.25, -0.2) is 30.1 Å². The average molecular weight is 189 g/mol. The standard InChI is InChI=1S/C4H8.Al.3ClH/c1-3-4-2;;;;/h3-4H,1-2H3;;3*1H/q;+3;;;/p-3. The first-order chi connectivity index (χ1) is 3.65. The van der Waals surface area contributed by atoms with Crippen LogP contribution in [0.5, 0.6) is 0 Å². The summed E-state index contributed by atoms with van der Waals surface area (Å²) >= 11 is -1.72. The second-order valence-corrected chi connectivity index (χ2v) is 7.35. The molecule has 0 radical (unpaired) electrons. The second kappa shape index (κ2) is 11.0. The highest BCUT2D eigenvalue weighted by atomic mass is 35.8. The molecule has 0 aromatic carbocycles. The molecule has 0 bridgehead atoms. The molecule has 0 heterocycles. The van der Waals surface area contributed by atoms with E-state index in [1.807, 2.05) is 26.0 Å². The Balaban J connectivity index is 0. The summed E-state index contributed by atoms with van der Waals surface area (Å²) in [5, 5.41) is 0. The molecule has 0 aliphatic heterocycles. The summed E-state index contributed by atoms with van der Waals surface area (Å²) < 4.78 is 0. The van der Waals surface area contributed by atoms with Crippen LogP contribution in [0.4, 0.5) is 0 Å². The van der Waals surface area contributed by atoms with Crippen LogP contribution in [0, 0.1) is 0 Å². The Morgan fingerprint density at radius 1 is 1.00 bits per heavy atom. The molecular weight excluding hydrogens is 181 g/mol. The van der Waals surface area contributed by atoms with Crippen LogP contribution in [-0.4, -0.2) is 11.4 Å². The zero-order valence-corrected chi connectivity index (χ0v) is 8.29. The van der Waals surface area contributed by atoms with Crippen LogP contribution in [0.3, 0.4) is 0 Å². The maximum Gasteiger partial charge on any atom is 0.643 e. The third-order valence-corrected chi connectivity index (χ3v) is 0.333. The van der Waals surface area contributed by atoms with Crippen molar-refractivity contribution in [2.24, 2.45) is 0 Å². The van der Waals surface area contributed by atoms with E-state index in [4.69, 9.17) is 30.1 Å². The van der Waals surface area contributed by atoms with Crippen molar-refractivity contribution in [1.29, 1.82) is 0 Å². The maximum atomic E-state index is 4.94. The average Bonchev–Trinajstić information content (AvgIpc) is 1.65. The predicted octanol–water partition coefficient (Wildman–Crippen LogP) is 3.27. The van der Waals surface area contributed by atoms with Crippen LogP contribution < -0.4 is 0 Å². The molecule has 0 aromatic heterocycles. The third kappa shape index (κ3) is 58.7. The van der Waals surface area contributed by atoms with Crippen molar-refractivity contribution in [3.63, 3.8) is 0 Å². The summed E-state index contributed by atoms with van der Waals surface area (Å²) in [4.78, 5) is 0. The highest BCUT2D eigenvalue weighted by molar-refractivity contribution is 7.54. The van der Waals surface area contributed by atoms with Crippen LogP contribution in [-0.2, 0) is 0 Å². The molecule has 0 rings (SSSR count). The van der Waals surface area contributed by atoms with Gasteiger partial charge in [0.1, 0.15) is 0 Å². The predicted molar refractivity (Wildman–Crippen MR) is 43.8 cm³/mol. The number of hydrogen-bond donors (Lipinski definition) is 0. The van der Waals surface area contributed by atoms with Crippen molar-refractivity contribution in [2.75, 3.05) is 0 Å². The number of halogens is 3. The lowest BCUT2D eigenvalue weighted by Crippen LogP contribution is -1.66. The lowest BCUT2D eigenvalue weighted by atomic mass is 10.6. The molecule has 0 atom stereocenters. The fraction of sp³-hybridized carbons (Fsp3) is 0.500. The van der Waals surface area contributed by atoms with Crippen molar-refractivity contribution in [2.45, 2.75) is 13.8 Å². The SMILES string of the molecule is CC=CC.[Cl][Al]([Cl])[Cl]. The fourth-order valence-electron chi connectivity index (χ4n) is 0. The van der Waals surface area contributed by atoms with Gasteiger partial charge in [0.2, 0.25) is 0 Å². The lowest BCUT2D eigenvalue weighted by molar-refractivity contribution is 1.64. The van der Waals surface area contributed by atoms with E-state index in [0.717, 1.165) is 0 Å². The Kier molecular flexibility index (Phi) is 16.4. The van der Waals surface area contributed by atoms with E-state index in [-0.39, 0.29) is 0 Å². The van der Waals surface area contributed by atoms with Gasteiger partial charge < -0.3 is 0 Å². The third-order valence-electron chi connectivity index (χ3n) is 0.333. The van der Waals surface area contributed by atoms with Crippen LogP contribution in [0.15, 0.2) is 12.2 Å². The van der Waals surface area contributed by atoms with Gasteiger partial charge >= 0.3 is 11.4 Å². The second-order valence-electron chi connectivity index (χ2n) is 0.914. The minimum atomic E-state index is -1.72. The van der Waals surface area contributed by atoms with Gasteiger partial charge in [-0.1, -0.05) is 12.2 Å². The van der Waals surface area contributed by atoms with E-state index in [9.17, 15) is 0 Å². The molecule has 0 aromatic rings. The zero-order valence-electron chi connectivity index (χ0n) is 4.87. The summed E-state index contributed by atoms with van der Waals surface area (Å²) in [6, 6.07) is 0. The molecule has 0 saturated carbocycles. The molecule has 0 fully saturated rings. The summed E-state index contributed by atoms with van der Waals surface area (Å²) in [5.74, 6) is 0. The van der Waals surface area contributed by atoms with E-state index in [0.29, 0.717) is 0 Å². The zero-order chi connectivity index (χ0) is 6.99. The number of hydrogen-bond acceptors (Lipinski definition) is 0. The Labute approximate surface area is 67.4 Å². The van der Waals surface area contributed by atoms with Gasteiger partial charge in [0, 0.05) is 0 Å². The van der Waals surface area contributed by atoms with Crippen molar-refractivity contribution in [3.8, 4) is 0 Å². The van der Waals surface area contributed by atoms with Crippen LogP contribution in [0.2, 0.25) is 0 Å². The van der Waals surface area contributed by atoms with Gasteiger partial charge in [-0.3, -0.25) is 0 Å². The Bertz CT molecular complexity index is 46.5. The van der Waals surface area contributed by atoms with E-state index in [1.54, 1.807) is 0 Å². The van der Waals surface area contributed by atoms with Crippen LogP contribution in [0.1, 0.15) is 13.8 Å². The minimum absolute atomic E-state index is 1.72. The highest BCUT2D eigenvalue weighted by Gasteiger charge is 2.00. The van der Waals surface area contributed by atoms with E-state index < -0.39 is 11.4 Å². The van der Waals surface area contributed by atoms with Gasteiger partial charge in [0.15, 0.2) is 0 Å². The Hall–Kier alpha value is 1.14.